The van der Waals surface area contributed by atoms with Crippen LogP contribution in [0, 0.1) is 0 Å². The van der Waals surface area contributed by atoms with Gasteiger partial charge in [0.2, 0.25) is 5.91 Å². The Hall–Kier alpha value is -2.93. The molecule has 0 aliphatic rings. The summed E-state index contributed by atoms with van der Waals surface area (Å²) in [5, 5.41) is 8.60. The molecule has 0 aliphatic heterocycles. The monoisotopic (exact) mass is 427 g/mol. The second kappa shape index (κ2) is 12.6. The van der Waals surface area contributed by atoms with Gasteiger partial charge in [-0.25, -0.2) is 0 Å². The number of thiocarbonyl (C=S) groups is 1. The van der Waals surface area contributed by atoms with E-state index in [4.69, 9.17) is 17.0 Å². The van der Waals surface area contributed by atoms with Crippen molar-refractivity contribution < 1.29 is 14.3 Å². The molecule has 0 fully saturated rings. The van der Waals surface area contributed by atoms with Gasteiger partial charge in [-0.15, -0.1) is 0 Å². The van der Waals surface area contributed by atoms with E-state index in [1.807, 2.05) is 6.07 Å². The van der Waals surface area contributed by atoms with Crippen LogP contribution in [0.4, 0.5) is 11.4 Å². The number of ether oxygens (including phenoxy) is 1. The summed E-state index contributed by atoms with van der Waals surface area (Å²) in [5.41, 5.74) is 1.75. The molecule has 0 aromatic heterocycles. The summed E-state index contributed by atoms with van der Waals surface area (Å²) in [4.78, 5) is 24.2. The number of unbranched alkanes of at least 4 members (excludes halogenated alkanes) is 3. The number of carbonyl (C=O) groups excluding carboxylic acids is 2. The van der Waals surface area contributed by atoms with Gasteiger partial charge in [0.15, 0.2) is 5.11 Å². The van der Waals surface area contributed by atoms with E-state index in [9.17, 15) is 9.59 Å². The number of rotatable bonds is 10. The van der Waals surface area contributed by atoms with Crippen LogP contribution in [0.15, 0.2) is 48.5 Å². The lowest BCUT2D eigenvalue weighted by atomic mass is 10.2. The highest BCUT2D eigenvalue weighted by atomic mass is 32.1. The molecule has 2 amide bonds. The molecule has 0 heterocycles. The first kappa shape index (κ1) is 23.3. The molecule has 0 unspecified atom stereocenters. The minimum absolute atomic E-state index is 0.0747. The molecule has 0 spiro atoms. The van der Waals surface area contributed by atoms with E-state index < -0.39 is 0 Å². The van der Waals surface area contributed by atoms with Crippen molar-refractivity contribution in [1.82, 2.24) is 5.32 Å². The van der Waals surface area contributed by atoms with Gasteiger partial charge in [-0.05, 0) is 49.0 Å². The van der Waals surface area contributed by atoms with Crippen molar-refractivity contribution in [3.63, 3.8) is 0 Å². The Bertz CT molecular complexity index is 870. The van der Waals surface area contributed by atoms with Gasteiger partial charge >= 0.3 is 0 Å². The Balaban J connectivity index is 1.94. The van der Waals surface area contributed by atoms with Crippen LogP contribution in [-0.4, -0.2) is 23.5 Å². The zero-order chi connectivity index (χ0) is 21.8. The minimum Gasteiger partial charge on any atom is -0.493 e. The standard InChI is InChI=1S/C23H29N3O3S/c1-3-5-6-9-15-29-20-14-8-7-13-19(20)22(28)26-23(30)25-18-12-10-11-17(16-18)24-21(27)4-2/h7-8,10-14,16H,3-6,9,15H2,1-2H3,(H,24,27)(H2,25,26,28,30). The van der Waals surface area contributed by atoms with Gasteiger partial charge in [0.1, 0.15) is 5.75 Å². The molecule has 0 bridgehead atoms. The fourth-order valence-electron chi connectivity index (χ4n) is 2.75. The SMILES string of the molecule is CCCCCCOc1ccccc1C(=O)NC(=S)Nc1cccc(NC(=O)CC)c1. The van der Waals surface area contributed by atoms with Crippen molar-refractivity contribution in [3.05, 3.63) is 54.1 Å². The highest BCUT2D eigenvalue weighted by molar-refractivity contribution is 7.80. The smallest absolute Gasteiger partial charge is 0.261 e. The van der Waals surface area contributed by atoms with Crippen LogP contribution < -0.4 is 20.7 Å². The summed E-state index contributed by atoms with van der Waals surface area (Å²) in [6.45, 7) is 4.52. The highest BCUT2D eigenvalue weighted by Gasteiger charge is 2.14. The van der Waals surface area contributed by atoms with E-state index in [0.717, 1.165) is 19.3 Å². The molecule has 0 atom stereocenters. The van der Waals surface area contributed by atoms with Crippen LogP contribution in [-0.2, 0) is 4.79 Å². The molecule has 0 aliphatic carbocycles. The summed E-state index contributed by atoms with van der Waals surface area (Å²) in [7, 11) is 0. The summed E-state index contributed by atoms with van der Waals surface area (Å²) in [6, 6.07) is 14.2. The van der Waals surface area contributed by atoms with E-state index >= 15 is 0 Å². The summed E-state index contributed by atoms with van der Waals surface area (Å²) in [5.74, 6) is 0.125. The van der Waals surface area contributed by atoms with E-state index in [-0.39, 0.29) is 16.9 Å². The Kier molecular flexibility index (Phi) is 9.80. The maximum absolute atomic E-state index is 12.7. The molecule has 0 saturated heterocycles. The second-order valence-corrected chi connectivity index (χ2v) is 7.20. The van der Waals surface area contributed by atoms with Crippen LogP contribution >= 0.6 is 12.2 Å². The third kappa shape index (κ3) is 7.83. The number of hydrogen-bond donors (Lipinski definition) is 3. The largest absolute Gasteiger partial charge is 0.493 e. The molecule has 2 rings (SSSR count). The number of nitrogens with one attached hydrogen (secondary N) is 3. The number of amides is 2. The highest BCUT2D eigenvalue weighted by Crippen LogP contribution is 2.19. The van der Waals surface area contributed by atoms with Gasteiger partial charge in [-0.2, -0.15) is 0 Å². The molecule has 6 nitrogen and oxygen atoms in total. The molecule has 0 saturated carbocycles. The lowest BCUT2D eigenvalue weighted by Gasteiger charge is -2.13. The molecule has 2 aromatic rings. The summed E-state index contributed by atoms with van der Waals surface area (Å²) < 4.78 is 5.80. The number of anilines is 2. The predicted octanol–water partition coefficient (Wildman–Crippen LogP) is 5.12. The zero-order valence-electron chi connectivity index (χ0n) is 17.5. The number of para-hydroxylation sites is 1. The third-order valence-electron chi connectivity index (χ3n) is 4.34. The maximum Gasteiger partial charge on any atom is 0.261 e. The van der Waals surface area contributed by atoms with Crippen molar-refractivity contribution >= 4 is 40.5 Å². The minimum atomic E-state index is -0.341. The van der Waals surface area contributed by atoms with Crippen molar-refractivity contribution in [2.24, 2.45) is 0 Å². The quantitative estimate of drug-likeness (QED) is 0.362. The van der Waals surface area contributed by atoms with E-state index in [1.54, 1.807) is 49.4 Å². The van der Waals surface area contributed by atoms with Gasteiger partial charge in [0.05, 0.1) is 12.2 Å². The van der Waals surface area contributed by atoms with E-state index in [0.29, 0.717) is 35.7 Å². The molecule has 3 N–H and O–H groups in total. The summed E-state index contributed by atoms with van der Waals surface area (Å²) >= 11 is 5.27. The number of hydrogen-bond acceptors (Lipinski definition) is 4. The van der Waals surface area contributed by atoms with E-state index in [1.165, 1.54) is 6.42 Å². The molecule has 2 aromatic carbocycles. The van der Waals surface area contributed by atoms with Crippen LogP contribution in [0.3, 0.4) is 0 Å². The Morgan fingerprint density at radius 2 is 1.67 bits per heavy atom. The van der Waals surface area contributed by atoms with Crippen molar-refractivity contribution in [1.29, 1.82) is 0 Å². The molecular weight excluding hydrogens is 398 g/mol. The summed E-state index contributed by atoms with van der Waals surface area (Å²) in [6.07, 6.45) is 4.80. The predicted molar refractivity (Wildman–Crippen MR) is 125 cm³/mol. The topological polar surface area (TPSA) is 79.5 Å². The number of benzene rings is 2. The lowest BCUT2D eigenvalue weighted by Crippen LogP contribution is -2.34. The Morgan fingerprint density at radius 3 is 2.40 bits per heavy atom. The first-order valence-electron chi connectivity index (χ1n) is 10.3. The molecule has 160 valence electrons. The average Bonchev–Trinajstić information content (AvgIpc) is 2.74. The first-order chi connectivity index (χ1) is 14.5. The van der Waals surface area contributed by atoms with Crippen molar-refractivity contribution in [2.45, 2.75) is 46.0 Å². The van der Waals surface area contributed by atoms with Crippen LogP contribution in [0.5, 0.6) is 5.75 Å². The molecule has 30 heavy (non-hydrogen) atoms. The first-order valence-corrected chi connectivity index (χ1v) is 10.7. The fraction of sp³-hybridized carbons (Fsp3) is 0.348. The van der Waals surface area contributed by atoms with Crippen LogP contribution in [0.25, 0.3) is 0 Å². The van der Waals surface area contributed by atoms with Crippen LogP contribution in [0.1, 0.15) is 56.3 Å². The normalized spacial score (nSPS) is 10.2. The van der Waals surface area contributed by atoms with Gasteiger partial charge in [-0.1, -0.05) is 51.3 Å². The van der Waals surface area contributed by atoms with E-state index in [2.05, 4.69) is 22.9 Å². The third-order valence-corrected chi connectivity index (χ3v) is 4.54. The van der Waals surface area contributed by atoms with Gasteiger partial charge in [0, 0.05) is 17.8 Å². The van der Waals surface area contributed by atoms with Gasteiger partial charge < -0.3 is 15.4 Å². The average molecular weight is 428 g/mol. The lowest BCUT2D eigenvalue weighted by molar-refractivity contribution is -0.115. The van der Waals surface area contributed by atoms with Crippen molar-refractivity contribution in [2.75, 3.05) is 17.2 Å². The number of carbonyl (C=O) groups is 2. The van der Waals surface area contributed by atoms with Crippen molar-refractivity contribution in [3.8, 4) is 5.75 Å². The molecule has 0 radical (unpaired) electrons. The van der Waals surface area contributed by atoms with Gasteiger partial charge in [0.25, 0.3) is 5.91 Å². The zero-order valence-corrected chi connectivity index (χ0v) is 18.3. The van der Waals surface area contributed by atoms with Crippen LogP contribution in [0.2, 0.25) is 0 Å². The second-order valence-electron chi connectivity index (χ2n) is 6.80. The Morgan fingerprint density at radius 1 is 0.933 bits per heavy atom. The molecule has 7 heteroatoms. The fourth-order valence-corrected chi connectivity index (χ4v) is 2.96. The van der Waals surface area contributed by atoms with Gasteiger partial charge in [-0.3, -0.25) is 14.9 Å². The Labute approximate surface area is 183 Å². The maximum atomic E-state index is 12.7. The molecular formula is C23H29N3O3S.